The molecule has 0 amide bonds. The van der Waals surface area contributed by atoms with Crippen LogP contribution in [0.4, 0.5) is 0 Å². The molecule has 0 saturated carbocycles. The molecule has 0 unspecified atom stereocenters. The number of hydrogen-bond donors (Lipinski definition) is 0. The zero-order valence-electron chi connectivity index (χ0n) is 22.2. The van der Waals surface area contributed by atoms with Crippen LogP contribution < -0.4 is 0 Å². The molecule has 1 rings (SSSR count). The van der Waals surface area contributed by atoms with Gasteiger partial charge in [-0.25, -0.2) is 0 Å². The maximum atomic E-state index is 12.4. The number of aryl methyl sites for hydroxylation is 1. The van der Waals surface area contributed by atoms with E-state index >= 15 is 0 Å². The molecule has 4 heteroatoms. The van der Waals surface area contributed by atoms with Crippen molar-refractivity contribution in [1.82, 2.24) is 0 Å². The quantitative estimate of drug-likeness (QED) is 0.102. The predicted molar refractivity (Wildman–Crippen MR) is 141 cm³/mol. The second-order valence-corrected chi connectivity index (χ2v) is 10.1. The van der Waals surface area contributed by atoms with Gasteiger partial charge in [0.05, 0.1) is 13.2 Å². The van der Waals surface area contributed by atoms with E-state index in [0.717, 1.165) is 25.7 Å². The molecule has 0 aliphatic carbocycles. The van der Waals surface area contributed by atoms with Crippen LogP contribution in [0.15, 0.2) is 30.3 Å². The number of benzene rings is 1. The predicted octanol–water partition coefficient (Wildman–Crippen LogP) is 8.21. The van der Waals surface area contributed by atoms with Gasteiger partial charge in [-0.15, -0.1) is 0 Å². The van der Waals surface area contributed by atoms with Gasteiger partial charge in [0.25, 0.3) is 0 Å². The molecule has 1 aromatic carbocycles. The van der Waals surface area contributed by atoms with Crippen molar-refractivity contribution in [1.29, 1.82) is 0 Å². The first kappa shape index (κ1) is 30.2. The number of carbonyl (C=O) groups is 2. The zero-order chi connectivity index (χ0) is 24.9. The largest absolute Gasteiger partial charge is 0.465 e. The van der Waals surface area contributed by atoms with Crippen molar-refractivity contribution in [3.63, 3.8) is 0 Å². The van der Waals surface area contributed by atoms with E-state index in [2.05, 4.69) is 19.1 Å². The molecular formula is C30H50O4. The average molecular weight is 475 g/mol. The topological polar surface area (TPSA) is 52.6 Å². The minimum Gasteiger partial charge on any atom is -0.465 e. The highest BCUT2D eigenvalue weighted by Gasteiger charge is 2.39. The molecule has 0 spiro atoms. The van der Waals surface area contributed by atoms with Crippen molar-refractivity contribution >= 4 is 11.9 Å². The van der Waals surface area contributed by atoms with E-state index in [9.17, 15) is 9.59 Å². The smallest absolute Gasteiger partial charge is 0.322 e. The highest BCUT2D eigenvalue weighted by molar-refractivity contribution is 5.99. The Morgan fingerprint density at radius 1 is 0.618 bits per heavy atom. The van der Waals surface area contributed by atoms with Gasteiger partial charge in [-0.05, 0) is 38.7 Å². The van der Waals surface area contributed by atoms with Crippen LogP contribution >= 0.6 is 0 Å². The second-order valence-electron chi connectivity index (χ2n) is 10.1. The molecule has 0 N–H and O–H groups in total. The Morgan fingerprint density at radius 3 is 1.50 bits per heavy atom. The lowest BCUT2D eigenvalue weighted by molar-refractivity contribution is -0.169. The third-order valence-corrected chi connectivity index (χ3v) is 6.44. The Kier molecular flexibility index (Phi) is 17.3. The monoisotopic (exact) mass is 474 g/mol. The summed E-state index contributed by atoms with van der Waals surface area (Å²) >= 11 is 0. The van der Waals surface area contributed by atoms with Crippen LogP contribution in [-0.4, -0.2) is 25.2 Å². The first-order valence-corrected chi connectivity index (χ1v) is 13.9. The lowest BCUT2D eigenvalue weighted by atomic mass is 9.94. The molecule has 0 bridgehead atoms. The summed E-state index contributed by atoms with van der Waals surface area (Å²) in [5, 5.41) is 0. The van der Waals surface area contributed by atoms with Gasteiger partial charge in [-0.1, -0.05) is 121 Å². The fourth-order valence-corrected chi connectivity index (χ4v) is 3.99. The third kappa shape index (κ3) is 14.4. The van der Waals surface area contributed by atoms with Crippen LogP contribution in [-0.2, 0) is 25.5 Å². The molecule has 0 fully saturated rings. The summed E-state index contributed by atoms with van der Waals surface area (Å²) in [7, 11) is 0. The van der Waals surface area contributed by atoms with E-state index in [0.29, 0.717) is 13.2 Å². The van der Waals surface area contributed by atoms with Gasteiger partial charge in [0, 0.05) is 0 Å². The van der Waals surface area contributed by atoms with Crippen molar-refractivity contribution in [2.75, 3.05) is 13.2 Å². The van der Waals surface area contributed by atoms with Gasteiger partial charge in [0.15, 0.2) is 5.41 Å². The number of ether oxygens (including phenoxy) is 2. The summed E-state index contributed by atoms with van der Waals surface area (Å²) in [6.45, 7) is 6.12. The van der Waals surface area contributed by atoms with Crippen molar-refractivity contribution in [2.24, 2.45) is 5.41 Å². The Bertz CT molecular complexity index is 638. The van der Waals surface area contributed by atoms with Crippen molar-refractivity contribution in [3.8, 4) is 0 Å². The van der Waals surface area contributed by atoms with E-state index in [1.54, 1.807) is 13.8 Å². The molecular weight excluding hydrogens is 424 g/mol. The van der Waals surface area contributed by atoms with E-state index in [4.69, 9.17) is 9.47 Å². The Balaban J connectivity index is 1.97. The van der Waals surface area contributed by atoms with E-state index in [1.165, 1.54) is 82.6 Å². The van der Waals surface area contributed by atoms with Crippen LogP contribution in [0.2, 0.25) is 0 Å². The van der Waals surface area contributed by atoms with Gasteiger partial charge in [0.1, 0.15) is 0 Å². The molecule has 0 aliphatic heterocycles. The summed E-state index contributed by atoms with van der Waals surface area (Å²) in [6.07, 6.45) is 19.7. The van der Waals surface area contributed by atoms with Crippen LogP contribution in [0.25, 0.3) is 0 Å². The summed E-state index contributed by atoms with van der Waals surface area (Å²) < 4.78 is 10.7. The van der Waals surface area contributed by atoms with E-state index in [1.807, 2.05) is 18.2 Å². The fourth-order valence-electron chi connectivity index (χ4n) is 3.99. The maximum absolute atomic E-state index is 12.4. The van der Waals surface area contributed by atoms with Crippen LogP contribution in [0, 0.1) is 5.41 Å². The van der Waals surface area contributed by atoms with Crippen molar-refractivity contribution < 1.29 is 19.1 Å². The van der Waals surface area contributed by atoms with Gasteiger partial charge in [-0.2, -0.15) is 0 Å². The van der Waals surface area contributed by atoms with Gasteiger partial charge in [-0.3, -0.25) is 9.59 Å². The maximum Gasteiger partial charge on any atom is 0.322 e. The molecule has 0 heterocycles. The first-order chi connectivity index (χ1) is 16.5. The number of rotatable bonds is 21. The van der Waals surface area contributed by atoms with Gasteiger partial charge >= 0.3 is 11.9 Å². The molecule has 0 aromatic heterocycles. The summed E-state index contributed by atoms with van der Waals surface area (Å²) in [5.41, 5.74) is -0.0478. The molecule has 194 valence electrons. The Hall–Kier alpha value is -1.84. The SMILES string of the molecule is CCCCCCCCCCCCCCCCOC(=O)C(C)(C)C(=O)OCCCc1ccccc1. The molecule has 1 aromatic rings. The highest BCUT2D eigenvalue weighted by atomic mass is 16.6. The Labute approximate surface area is 209 Å². The van der Waals surface area contributed by atoms with Crippen molar-refractivity contribution in [2.45, 2.75) is 124 Å². The number of carbonyl (C=O) groups excluding carboxylic acids is 2. The standard InChI is InChI=1S/C30H50O4/c1-4-5-6-7-8-9-10-11-12-13-14-15-16-20-25-33-28(31)30(2,3)29(32)34-26-21-24-27-22-18-17-19-23-27/h17-19,22-23H,4-16,20-21,24-26H2,1-3H3. The summed E-state index contributed by atoms with van der Waals surface area (Å²) in [5.74, 6) is -0.998. The minimum atomic E-state index is -1.26. The zero-order valence-corrected chi connectivity index (χ0v) is 22.2. The van der Waals surface area contributed by atoms with Crippen molar-refractivity contribution in [3.05, 3.63) is 35.9 Å². The fraction of sp³-hybridized carbons (Fsp3) is 0.733. The molecule has 0 aliphatic rings. The van der Waals surface area contributed by atoms with Gasteiger partial charge < -0.3 is 9.47 Å². The van der Waals surface area contributed by atoms with Gasteiger partial charge in [0.2, 0.25) is 0 Å². The number of hydrogen-bond acceptors (Lipinski definition) is 4. The second kappa shape index (κ2) is 19.5. The lowest BCUT2D eigenvalue weighted by Crippen LogP contribution is -2.37. The third-order valence-electron chi connectivity index (χ3n) is 6.44. The normalized spacial score (nSPS) is 11.4. The lowest BCUT2D eigenvalue weighted by Gasteiger charge is -2.20. The van der Waals surface area contributed by atoms with Crippen LogP contribution in [0.3, 0.4) is 0 Å². The average Bonchev–Trinajstić information content (AvgIpc) is 2.84. The first-order valence-electron chi connectivity index (χ1n) is 13.9. The summed E-state index contributed by atoms with van der Waals surface area (Å²) in [4.78, 5) is 24.7. The molecule has 0 saturated heterocycles. The summed E-state index contributed by atoms with van der Waals surface area (Å²) in [6, 6.07) is 10.1. The molecule has 4 nitrogen and oxygen atoms in total. The molecule has 34 heavy (non-hydrogen) atoms. The molecule has 0 atom stereocenters. The van der Waals surface area contributed by atoms with Crippen LogP contribution in [0.5, 0.6) is 0 Å². The Morgan fingerprint density at radius 2 is 1.03 bits per heavy atom. The van der Waals surface area contributed by atoms with Crippen LogP contribution in [0.1, 0.15) is 123 Å². The number of unbranched alkanes of at least 4 members (excludes halogenated alkanes) is 13. The number of esters is 2. The van der Waals surface area contributed by atoms with E-state index < -0.39 is 17.4 Å². The van der Waals surface area contributed by atoms with E-state index in [-0.39, 0.29) is 0 Å². The highest BCUT2D eigenvalue weighted by Crippen LogP contribution is 2.20. The molecule has 0 radical (unpaired) electrons. The minimum absolute atomic E-state index is 0.309.